The second-order valence-corrected chi connectivity index (χ2v) is 6.21. The van der Waals surface area contributed by atoms with Crippen molar-refractivity contribution in [1.82, 2.24) is 4.98 Å². The normalized spacial score (nSPS) is 12.2. The molecule has 0 spiro atoms. The zero-order valence-electron chi connectivity index (χ0n) is 16.4. The third-order valence-corrected chi connectivity index (χ3v) is 4.30. The van der Waals surface area contributed by atoms with Crippen molar-refractivity contribution in [2.45, 2.75) is 19.6 Å². The summed E-state index contributed by atoms with van der Waals surface area (Å²) in [5, 5.41) is 0. The number of hydrogen-bond donors (Lipinski definition) is 0. The van der Waals surface area contributed by atoms with Gasteiger partial charge in [-0.15, -0.1) is 0 Å². The summed E-state index contributed by atoms with van der Waals surface area (Å²) < 4.78 is 39.9. The molecule has 0 saturated carbocycles. The molecule has 0 aliphatic carbocycles. The first-order valence-electron chi connectivity index (χ1n) is 9.08. The molecule has 156 valence electrons. The molecule has 0 bridgehead atoms. The number of furan rings is 1. The van der Waals surface area contributed by atoms with E-state index in [-0.39, 0.29) is 17.4 Å². The van der Waals surface area contributed by atoms with E-state index in [0.29, 0.717) is 17.1 Å². The van der Waals surface area contributed by atoms with Crippen molar-refractivity contribution in [3.63, 3.8) is 0 Å². The van der Waals surface area contributed by atoms with Gasteiger partial charge in [0.25, 0.3) is 5.91 Å². The Morgan fingerprint density at radius 3 is 2.63 bits per heavy atom. The molecule has 3 rings (SSSR count). The van der Waals surface area contributed by atoms with Crippen LogP contribution in [0.25, 0.3) is 6.08 Å². The summed E-state index contributed by atoms with van der Waals surface area (Å²) in [4.78, 5) is 18.8. The van der Waals surface area contributed by atoms with Gasteiger partial charge in [-0.25, -0.2) is 4.98 Å². The van der Waals surface area contributed by atoms with Crippen LogP contribution in [0.15, 0.2) is 71.5 Å². The number of carbonyl (C=O) groups is 1. The van der Waals surface area contributed by atoms with Crippen LogP contribution in [0, 0.1) is 0 Å². The van der Waals surface area contributed by atoms with Gasteiger partial charge in [-0.2, -0.15) is 8.78 Å². The van der Waals surface area contributed by atoms with Crippen LogP contribution in [0.5, 0.6) is 11.5 Å². The maximum atomic E-state index is 13.0. The highest BCUT2D eigenvalue weighted by Gasteiger charge is 2.24. The Kier molecular flexibility index (Phi) is 6.79. The fraction of sp³-hybridized carbons (Fsp3) is 0.182. The number of carbonyl (C=O) groups excluding carboxylic acids is 1. The van der Waals surface area contributed by atoms with Crippen molar-refractivity contribution in [3.8, 4) is 11.5 Å². The van der Waals surface area contributed by atoms with Gasteiger partial charge in [0.05, 0.1) is 19.4 Å². The molecule has 1 amide bonds. The molecule has 0 radical (unpaired) electrons. The van der Waals surface area contributed by atoms with Crippen LogP contribution in [0.1, 0.15) is 24.3 Å². The molecular weight excluding hydrogens is 394 g/mol. The number of methoxy groups -OCH3 is 1. The Labute approximate surface area is 172 Å². The lowest BCUT2D eigenvalue weighted by atomic mass is 10.1. The molecule has 2 aromatic heterocycles. The van der Waals surface area contributed by atoms with Crippen LogP contribution in [0.2, 0.25) is 0 Å². The van der Waals surface area contributed by atoms with Crippen LogP contribution >= 0.6 is 0 Å². The van der Waals surface area contributed by atoms with Crippen molar-refractivity contribution in [1.29, 1.82) is 0 Å². The third kappa shape index (κ3) is 5.02. The van der Waals surface area contributed by atoms with E-state index in [0.717, 1.165) is 0 Å². The van der Waals surface area contributed by atoms with Crippen LogP contribution in [-0.2, 0) is 4.79 Å². The fourth-order valence-electron chi connectivity index (χ4n) is 2.88. The van der Waals surface area contributed by atoms with Crippen LogP contribution < -0.4 is 14.4 Å². The minimum absolute atomic E-state index is 0.0856. The summed E-state index contributed by atoms with van der Waals surface area (Å²) in [6.07, 6.45) is 6.07. The van der Waals surface area contributed by atoms with Gasteiger partial charge >= 0.3 is 6.61 Å². The highest BCUT2D eigenvalue weighted by molar-refractivity contribution is 6.03. The quantitative estimate of drug-likeness (QED) is 0.480. The highest BCUT2D eigenvalue weighted by Crippen LogP contribution is 2.30. The third-order valence-electron chi connectivity index (χ3n) is 4.30. The van der Waals surface area contributed by atoms with E-state index in [4.69, 9.17) is 9.15 Å². The number of pyridine rings is 1. The molecule has 30 heavy (non-hydrogen) atoms. The van der Waals surface area contributed by atoms with Crippen LogP contribution in [-0.4, -0.2) is 24.6 Å². The first kappa shape index (κ1) is 21.0. The zero-order valence-corrected chi connectivity index (χ0v) is 16.4. The number of rotatable bonds is 8. The summed E-state index contributed by atoms with van der Waals surface area (Å²) in [7, 11) is 1.35. The number of aromatic nitrogens is 1. The average Bonchev–Trinajstić information content (AvgIpc) is 3.28. The van der Waals surface area contributed by atoms with Crippen molar-refractivity contribution in [2.75, 3.05) is 12.0 Å². The van der Waals surface area contributed by atoms with Gasteiger partial charge in [0, 0.05) is 12.3 Å². The maximum Gasteiger partial charge on any atom is 0.387 e. The van der Waals surface area contributed by atoms with Gasteiger partial charge < -0.3 is 13.9 Å². The van der Waals surface area contributed by atoms with E-state index in [9.17, 15) is 13.6 Å². The van der Waals surface area contributed by atoms with Gasteiger partial charge in [-0.1, -0.05) is 12.1 Å². The van der Waals surface area contributed by atoms with Gasteiger partial charge in [0.1, 0.15) is 11.6 Å². The Hall–Kier alpha value is -3.68. The lowest BCUT2D eigenvalue weighted by Crippen LogP contribution is -2.32. The molecule has 0 N–H and O–H groups in total. The first-order chi connectivity index (χ1) is 14.5. The number of hydrogen-bond acceptors (Lipinski definition) is 5. The topological polar surface area (TPSA) is 64.8 Å². The zero-order chi connectivity index (χ0) is 21.5. The largest absolute Gasteiger partial charge is 0.493 e. The lowest BCUT2D eigenvalue weighted by Gasteiger charge is -2.25. The SMILES string of the molecule is COc1cc(/C=C/C(=O)N(c2ccccn2)C(C)c2ccco2)ccc1OC(F)F. The number of nitrogens with zero attached hydrogens (tertiary/aromatic N) is 2. The van der Waals surface area contributed by atoms with E-state index in [1.54, 1.807) is 48.7 Å². The average molecular weight is 414 g/mol. The smallest absolute Gasteiger partial charge is 0.387 e. The molecule has 1 unspecified atom stereocenters. The van der Waals surface area contributed by atoms with Gasteiger partial charge in [-0.05, 0) is 55.0 Å². The Bertz CT molecular complexity index is 992. The lowest BCUT2D eigenvalue weighted by molar-refractivity contribution is -0.114. The Morgan fingerprint density at radius 1 is 1.17 bits per heavy atom. The Balaban J connectivity index is 1.86. The number of benzene rings is 1. The molecule has 0 aliphatic heterocycles. The number of anilines is 1. The van der Waals surface area contributed by atoms with Crippen molar-refractivity contribution in [2.24, 2.45) is 0 Å². The minimum atomic E-state index is -2.96. The number of ether oxygens (including phenoxy) is 2. The maximum absolute atomic E-state index is 13.0. The molecule has 1 aromatic carbocycles. The standard InChI is InChI=1S/C22H20F2N2O4/c1-15(17-6-5-13-29-17)26(20-7-3-4-12-25-20)21(27)11-9-16-8-10-18(30-22(23)24)19(14-16)28-2/h3-15,22H,1-2H3/b11-9+. The second-order valence-electron chi connectivity index (χ2n) is 6.21. The molecule has 0 saturated heterocycles. The predicted molar refractivity (Wildman–Crippen MR) is 108 cm³/mol. The van der Waals surface area contributed by atoms with Crippen molar-refractivity contribution >= 4 is 17.8 Å². The van der Waals surface area contributed by atoms with E-state index >= 15 is 0 Å². The van der Waals surface area contributed by atoms with E-state index in [2.05, 4.69) is 9.72 Å². The molecule has 2 heterocycles. The molecule has 3 aromatic rings. The highest BCUT2D eigenvalue weighted by atomic mass is 19.3. The summed E-state index contributed by atoms with van der Waals surface area (Å²) in [5.41, 5.74) is 0.577. The minimum Gasteiger partial charge on any atom is -0.493 e. The van der Waals surface area contributed by atoms with Crippen LogP contribution in [0.3, 0.4) is 0 Å². The van der Waals surface area contributed by atoms with Gasteiger partial charge in [0.15, 0.2) is 11.5 Å². The summed E-state index contributed by atoms with van der Waals surface area (Å²) in [5.74, 6) is 0.796. The van der Waals surface area contributed by atoms with E-state index < -0.39 is 12.7 Å². The number of amides is 1. The van der Waals surface area contributed by atoms with Gasteiger partial charge in [-0.3, -0.25) is 9.69 Å². The van der Waals surface area contributed by atoms with E-state index in [1.165, 1.54) is 36.5 Å². The van der Waals surface area contributed by atoms with Gasteiger partial charge in [0.2, 0.25) is 0 Å². The van der Waals surface area contributed by atoms with Crippen molar-refractivity contribution in [3.05, 3.63) is 78.4 Å². The molecular formula is C22H20F2N2O4. The molecule has 8 heteroatoms. The molecule has 0 fully saturated rings. The molecule has 6 nitrogen and oxygen atoms in total. The van der Waals surface area contributed by atoms with Crippen molar-refractivity contribution < 1.29 is 27.5 Å². The summed E-state index contributed by atoms with van der Waals surface area (Å²) in [6.45, 7) is -1.13. The van der Waals surface area contributed by atoms with E-state index in [1.807, 2.05) is 6.92 Å². The fourth-order valence-corrected chi connectivity index (χ4v) is 2.88. The molecule has 0 aliphatic rings. The summed E-state index contributed by atoms with van der Waals surface area (Å²) >= 11 is 0. The first-order valence-corrected chi connectivity index (χ1v) is 9.08. The van der Waals surface area contributed by atoms with Crippen LogP contribution in [0.4, 0.5) is 14.6 Å². The number of halogens is 2. The summed E-state index contributed by atoms with van der Waals surface area (Å²) in [6, 6.07) is 12.8. The predicted octanol–water partition coefficient (Wildman–Crippen LogP) is 5.09. The molecule has 1 atom stereocenters. The second kappa shape index (κ2) is 9.69. The number of alkyl halides is 2. The monoisotopic (exact) mass is 414 g/mol. The Morgan fingerprint density at radius 2 is 2.00 bits per heavy atom.